The molecule has 0 aromatic carbocycles. The van der Waals surface area contributed by atoms with Crippen molar-refractivity contribution >= 4 is 6.09 Å². The fourth-order valence-electron chi connectivity index (χ4n) is 0.934. The van der Waals surface area contributed by atoms with Crippen molar-refractivity contribution in [2.45, 2.75) is 31.7 Å². The summed E-state index contributed by atoms with van der Waals surface area (Å²) in [6.45, 7) is 1.98. The minimum absolute atomic E-state index is 0.0984. The van der Waals surface area contributed by atoms with Crippen molar-refractivity contribution in [1.82, 2.24) is 5.32 Å². The fourth-order valence-corrected chi connectivity index (χ4v) is 0.934. The normalized spacial score (nSPS) is 21.0. The molecule has 0 spiro atoms. The maximum atomic E-state index is 9.99. The average molecular weight is 128 g/mol. The van der Waals surface area contributed by atoms with Gasteiger partial charge in [-0.15, -0.1) is 0 Å². The summed E-state index contributed by atoms with van der Waals surface area (Å²) in [5, 5.41) is 12.4. The minimum atomic E-state index is -1.14. The third-order valence-electron chi connectivity index (χ3n) is 1.90. The monoisotopic (exact) mass is 128 g/mol. The Morgan fingerprint density at radius 2 is 2.22 bits per heavy atom. The van der Waals surface area contributed by atoms with Crippen molar-refractivity contribution in [3.8, 4) is 0 Å². The molecule has 3 nitrogen and oxygen atoms in total. The lowest BCUT2D eigenvalue weighted by Crippen LogP contribution is -2.34. The van der Waals surface area contributed by atoms with E-state index in [1.54, 1.807) is 0 Å². The van der Waals surface area contributed by atoms with Crippen molar-refractivity contribution in [1.29, 1.82) is 0 Å². The van der Waals surface area contributed by atoms with Crippen LogP contribution in [-0.4, -0.2) is 11.6 Å². The predicted octanol–water partition coefficient (Wildman–Crippen LogP) is 1.07. The van der Waals surface area contributed by atoms with Gasteiger partial charge in [0.1, 0.15) is 0 Å². The van der Waals surface area contributed by atoms with E-state index >= 15 is 0 Å². The molecule has 0 aromatic heterocycles. The molecule has 1 aliphatic carbocycles. The molecule has 1 rings (SSSR count). The van der Waals surface area contributed by atoms with Gasteiger partial charge in [0, 0.05) is 5.54 Å². The van der Waals surface area contributed by atoms with Crippen LogP contribution < -0.4 is 5.32 Å². The first-order valence-electron chi connectivity index (χ1n) is 3.18. The van der Waals surface area contributed by atoms with Crippen LogP contribution in [0.3, 0.4) is 0 Å². The van der Waals surface area contributed by atoms with Crippen LogP contribution in [0.1, 0.15) is 26.2 Å². The zero-order chi connectivity index (χ0) is 6.91. The lowest BCUT2D eigenvalue weighted by atomic mass is 10.2. The third kappa shape index (κ3) is 1.34. The highest BCUT2D eigenvalue weighted by Gasteiger charge is 2.42. The van der Waals surface area contributed by atoms with Crippen molar-refractivity contribution in [3.05, 3.63) is 0 Å². The van der Waals surface area contributed by atoms with Crippen LogP contribution in [0.4, 0.5) is 4.79 Å². The highest BCUT2D eigenvalue weighted by Crippen LogP contribution is 2.38. The number of carbonyl (C=O) groups excluding carboxylic acids is 1. The summed E-state index contributed by atoms with van der Waals surface area (Å²) in [6.07, 6.45) is 1.67. The second-order valence-corrected chi connectivity index (χ2v) is 2.55. The molecule has 0 aromatic rings. The standard InChI is InChI=1S/C6H10NO2/c1-2-6(3-4-6)7-5(8)9/h7H,2-4H2,1H3. The molecule has 3 heteroatoms. The summed E-state index contributed by atoms with van der Waals surface area (Å²) in [7, 11) is 0. The molecular weight excluding hydrogens is 118 g/mol. The van der Waals surface area contributed by atoms with Crippen LogP contribution >= 0.6 is 0 Å². The Kier molecular flexibility index (Phi) is 1.35. The van der Waals surface area contributed by atoms with Gasteiger partial charge in [0.15, 0.2) is 0 Å². The first-order valence-corrected chi connectivity index (χ1v) is 3.18. The molecule has 1 radical (unpaired) electrons. The second-order valence-electron chi connectivity index (χ2n) is 2.55. The molecule has 1 N–H and O–H groups in total. The lowest BCUT2D eigenvalue weighted by molar-refractivity contribution is 0.162. The third-order valence-corrected chi connectivity index (χ3v) is 1.90. The zero-order valence-corrected chi connectivity index (χ0v) is 5.44. The van der Waals surface area contributed by atoms with Crippen molar-refractivity contribution in [2.75, 3.05) is 0 Å². The van der Waals surface area contributed by atoms with Gasteiger partial charge >= 0.3 is 6.09 Å². The zero-order valence-electron chi connectivity index (χ0n) is 5.44. The van der Waals surface area contributed by atoms with Crippen LogP contribution in [0.2, 0.25) is 0 Å². The Balaban J connectivity index is 2.33. The molecule has 1 aliphatic rings. The number of carbonyl (C=O) groups is 1. The van der Waals surface area contributed by atoms with Crippen molar-refractivity contribution in [2.24, 2.45) is 0 Å². The molecule has 51 valence electrons. The number of amides is 1. The van der Waals surface area contributed by atoms with E-state index in [4.69, 9.17) is 0 Å². The molecule has 1 saturated carbocycles. The van der Waals surface area contributed by atoms with Gasteiger partial charge in [-0.1, -0.05) is 6.92 Å². The summed E-state index contributed by atoms with van der Waals surface area (Å²) in [5.74, 6) is 0. The van der Waals surface area contributed by atoms with Crippen LogP contribution in [0.15, 0.2) is 0 Å². The summed E-state index contributed by atoms with van der Waals surface area (Å²) in [6, 6.07) is 0. The number of hydrogen-bond donors (Lipinski definition) is 1. The van der Waals surface area contributed by atoms with Crippen molar-refractivity contribution in [3.63, 3.8) is 0 Å². The van der Waals surface area contributed by atoms with Crippen LogP contribution in [0.25, 0.3) is 0 Å². The molecule has 9 heavy (non-hydrogen) atoms. The molecular formula is C6H10NO2. The Morgan fingerprint density at radius 1 is 1.67 bits per heavy atom. The van der Waals surface area contributed by atoms with E-state index < -0.39 is 6.09 Å². The summed E-state index contributed by atoms with van der Waals surface area (Å²) in [5.41, 5.74) is -0.0984. The smallest absolute Gasteiger partial charge is 0.313 e. The first-order chi connectivity index (χ1) is 4.18. The average Bonchev–Trinajstić information content (AvgIpc) is 2.48. The SMILES string of the molecule is CCC1(NC([O])=O)CC1. The van der Waals surface area contributed by atoms with Crippen LogP contribution in [0.5, 0.6) is 0 Å². The summed E-state index contributed by atoms with van der Waals surface area (Å²) >= 11 is 0. The van der Waals surface area contributed by atoms with Gasteiger partial charge in [0.25, 0.3) is 0 Å². The van der Waals surface area contributed by atoms with E-state index in [1.807, 2.05) is 6.92 Å². The quantitative estimate of drug-likeness (QED) is 0.594. The van der Waals surface area contributed by atoms with Gasteiger partial charge in [-0.05, 0) is 19.3 Å². The molecule has 0 atom stereocenters. The number of nitrogens with one attached hydrogen (secondary N) is 1. The highest BCUT2D eigenvalue weighted by molar-refractivity contribution is 5.65. The maximum Gasteiger partial charge on any atom is 0.451 e. The Labute approximate surface area is 54.1 Å². The van der Waals surface area contributed by atoms with Crippen molar-refractivity contribution < 1.29 is 9.90 Å². The lowest BCUT2D eigenvalue weighted by Gasteiger charge is -2.09. The topological polar surface area (TPSA) is 49.0 Å². The van der Waals surface area contributed by atoms with E-state index in [9.17, 15) is 9.90 Å². The van der Waals surface area contributed by atoms with E-state index in [0.717, 1.165) is 19.3 Å². The van der Waals surface area contributed by atoms with Crippen LogP contribution in [-0.2, 0) is 5.11 Å². The van der Waals surface area contributed by atoms with E-state index in [1.165, 1.54) is 0 Å². The molecule has 1 fully saturated rings. The fraction of sp³-hybridized carbons (Fsp3) is 0.833. The van der Waals surface area contributed by atoms with Gasteiger partial charge in [0.05, 0.1) is 0 Å². The predicted molar refractivity (Wildman–Crippen MR) is 31.5 cm³/mol. The van der Waals surface area contributed by atoms with Gasteiger partial charge in [-0.3, -0.25) is 0 Å². The van der Waals surface area contributed by atoms with Crippen LogP contribution in [0, 0.1) is 0 Å². The molecule has 0 heterocycles. The molecule has 0 aliphatic heterocycles. The molecule has 0 bridgehead atoms. The Hall–Kier alpha value is -0.730. The second kappa shape index (κ2) is 1.90. The number of hydrogen-bond acceptors (Lipinski definition) is 1. The largest absolute Gasteiger partial charge is 0.451 e. The first kappa shape index (κ1) is 6.39. The molecule has 0 unspecified atom stereocenters. The van der Waals surface area contributed by atoms with E-state index in [-0.39, 0.29) is 5.54 Å². The molecule has 1 amide bonds. The maximum absolute atomic E-state index is 9.99. The van der Waals surface area contributed by atoms with E-state index in [0.29, 0.717) is 0 Å². The van der Waals surface area contributed by atoms with Gasteiger partial charge in [0.2, 0.25) is 0 Å². The minimum Gasteiger partial charge on any atom is -0.313 e. The van der Waals surface area contributed by atoms with Gasteiger partial charge in [-0.25, -0.2) is 9.90 Å². The summed E-state index contributed by atoms with van der Waals surface area (Å²) in [4.78, 5) is 9.99. The number of rotatable bonds is 2. The van der Waals surface area contributed by atoms with Gasteiger partial charge in [-0.2, -0.15) is 0 Å². The Bertz CT molecular complexity index is 129. The van der Waals surface area contributed by atoms with Gasteiger partial charge < -0.3 is 5.32 Å². The highest BCUT2D eigenvalue weighted by atomic mass is 16.4. The Morgan fingerprint density at radius 3 is 2.33 bits per heavy atom. The molecule has 0 saturated heterocycles. The summed E-state index contributed by atoms with van der Waals surface area (Å²) < 4.78 is 0. The van der Waals surface area contributed by atoms with E-state index in [2.05, 4.69) is 5.32 Å².